The summed E-state index contributed by atoms with van der Waals surface area (Å²) < 4.78 is 7.01. The summed E-state index contributed by atoms with van der Waals surface area (Å²) in [6.07, 6.45) is 1.72. The van der Waals surface area contributed by atoms with Crippen molar-refractivity contribution in [3.05, 3.63) is 58.9 Å². The van der Waals surface area contributed by atoms with Crippen LogP contribution < -0.4 is 26.2 Å². The molecule has 7 nitrogen and oxygen atoms in total. The number of ether oxygens (including phenoxy) is 1. The second-order valence-electron chi connectivity index (χ2n) is 7.88. The first-order valence-corrected chi connectivity index (χ1v) is 10.6. The van der Waals surface area contributed by atoms with E-state index in [-0.39, 0.29) is 11.6 Å². The summed E-state index contributed by atoms with van der Waals surface area (Å²) in [5, 5.41) is 3.14. The third kappa shape index (κ3) is 4.14. The molecule has 0 unspecified atom stereocenters. The van der Waals surface area contributed by atoms with Gasteiger partial charge in [-0.05, 0) is 49.2 Å². The second-order valence-corrected chi connectivity index (χ2v) is 7.88. The Bertz CT molecular complexity index is 1100. The second kappa shape index (κ2) is 8.81. The van der Waals surface area contributed by atoms with Gasteiger partial charge in [0.15, 0.2) is 5.82 Å². The Kier molecular flexibility index (Phi) is 5.95. The molecule has 0 saturated carbocycles. The van der Waals surface area contributed by atoms with Crippen molar-refractivity contribution in [2.45, 2.75) is 18.9 Å². The molecule has 1 aromatic heterocycles. The van der Waals surface area contributed by atoms with Crippen LogP contribution in [0.5, 0.6) is 5.75 Å². The highest BCUT2D eigenvalue weighted by atomic mass is 16.5. The monoisotopic (exact) mass is 419 g/mol. The fourth-order valence-corrected chi connectivity index (χ4v) is 4.01. The van der Waals surface area contributed by atoms with Crippen molar-refractivity contribution in [3.63, 3.8) is 0 Å². The third-order valence-electron chi connectivity index (χ3n) is 5.92. The molecule has 1 fully saturated rings. The largest absolute Gasteiger partial charge is 0.497 e. The van der Waals surface area contributed by atoms with Crippen LogP contribution in [-0.4, -0.2) is 42.8 Å². The van der Waals surface area contributed by atoms with Gasteiger partial charge in [-0.15, -0.1) is 0 Å². The summed E-state index contributed by atoms with van der Waals surface area (Å²) in [5.74, 6) is 1.25. The molecule has 3 aromatic rings. The van der Waals surface area contributed by atoms with E-state index < -0.39 is 0 Å². The van der Waals surface area contributed by atoms with Gasteiger partial charge in [0, 0.05) is 50.0 Å². The Hall–Kier alpha value is -3.32. The number of hydrogen-bond acceptors (Lipinski definition) is 6. The summed E-state index contributed by atoms with van der Waals surface area (Å²) in [6, 6.07) is 16.0. The number of methoxy groups -OCH3 is 1. The zero-order valence-corrected chi connectivity index (χ0v) is 18.3. The quantitative estimate of drug-likeness (QED) is 0.661. The van der Waals surface area contributed by atoms with E-state index in [1.807, 2.05) is 62.6 Å². The van der Waals surface area contributed by atoms with Gasteiger partial charge in [-0.1, -0.05) is 12.1 Å². The first-order chi connectivity index (χ1) is 15.0. The first kappa shape index (κ1) is 20.9. The van der Waals surface area contributed by atoms with Crippen molar-refractivity contribution in [2.75, 3.05) is 37.5 Å². The Morgan fingerprint density at radius 3 is 2.23 bits per heavy atom. The van der Waals surface area contributed by atoms with Crippen molar-refractivity contribution >= 4 is 11.5 Å². The zero-order chi connectivity index (χ0) is 22.0. The molecule has 162 valence electrons. The highest BCUT2D eigenvalue weighted by Gasteiger charge is 2.24. The van der Waals surface area contributed by atoms with E-state index in [2.05, 4.69) is 10.2 Å². The summed E-state index contributed by atoms with van der Waals surface area (Å²) in [6.45, 7) is 1.48. The van der Waals surface area contributed by atoms with Gasteiger partial charge in [0.2, 0.25) is 0 Å². The molecule has 31 heavy (non-hydrogen) atoms. The maximum absolute atomic E-state index is 13.3. The molecular weight excluding hydrogens is 390 g/mol. The standard InChI is InChI=1S/C24H29N5O2/c1-26-19-8-4-16(5-9-19)21-22(17-6-10-20(31-3)11-7-17)28(2)24(30)23(27-21)29-14-12-18(25)13-15-29/h4-11,18,26H,12-15,25H2,1-3H3. The van der Waals surface area contributed by atoms with Crippen LogP contribution in [0.15, 0.2) is 53.3 Å². The van der Waals surface area contributed by atoms with Crippen LogP contribution in [0.2, 0.25) is 0 Å². The average molecular weight is 420 g/mol. The summed E-state index contributed by atoms with van der Waals surface area (Å²) in [5.41, 5.74) is 10.4. The van der Waals surface area contributed by atoms with Gasteiger partial charge in [0.05, 0.1) is 18.5 Å². The molecule has 1 saturated heterocycles. The van der Waals surface area contributed by atoms with Gasteiger partial charge in [0.25, 0.3) is 5.56 Å². The minimum absolute atomic E-state index is 0.100. The molecular formula is C24H29N5O2. The summed E-state index contributed by atoms with van der Waals surface area (Å²) in [7, 11) is 5.34. The number of aromatic nitrogens is 2. The Morgan fingerprint density at radius 2 is 1.65 bits per heavy atom. The van der Waals surface area contributed by atoms with E-state index in [0.29, 0.717) is 5.82 Å². The number of hydrogen-bond donors (Lipinski definition) is 2. The molecule has 0 atom stereocenters. The molecule has 2 aromatic carbocycles. The maximum Gasteiger partial charge on any atom is 0.293 e. The smallest absolute Gasteiger partial charge is 0.293 e. The highest BCUT2D eigenvalue weighted by Crippen LogP contribution is 2.32. The number of rotatable bonds is 5. The van der Waals surface area contributed by atoms with Crippen molar-refractivity contribution in [1.82, 2.24) is 9.55 Å². The minimum Gasteiger partial charge on any atom is -0.497 e. The molecule has 0 aliphatic carbocycles. The Balaban J connectivity index is 1.89. The lowest BCUT2D eigenvalue weighted by Crippen LogP contribution is -2.43. The molecule has 7 heteroatoms. The third-order valence-corrected chi connectivity index (χ3v) is 5.92. The van der Waals surface area contributed by atoms with Gasteiger partial charge >= 0.3 is 0 Å². The van der Waals surface area contributed by atoms with Gasteiger partial charge in [-0.3, -0.25) is 4.79 Å². The molecule has 3 N–H and O–H groups in total. The van der Waals surface area contributed by atoms with Crippen LogP contribution in [0.3, 0.4) is 0 Å². The molecule has 0 amide bonds. The van der Waals surface area contributed by atoms with Crippen LogP contribution in [0.25, 0.3) is 22.5 Å². The lowest BCUT2D eigenvalue weighted by molar-refractivity contribution is 0.415. The van der Waals surface area contributed by atoms with Crippen molar-refractivity contribution in [1.29, 1.82) is 0 Å². The van der Waals surface area contributed by atoms with Gasteiger partial charge < -0.3 is 25.3 Å². The zero-order valence-electron chi connectivity index (χ0n) is 18.3. The number of anilines is 2. The number of nitrogens with two attached hydrogens (primary N) is 1. The van der Waals surface area contributed by atoms with Crippen molar-refractivity contribution < 1.29 is 4.74 Å². The van der Waals surface area contributed by atoms with E-state index in [9.17, 15) is 4.79 Å². The molecule has 1 aliphatic rings. The molecule has 4 rings (SSSR count). The first-order valence-electron chi connectivity index (χ1n) is 10.6. The van der Waals surface area contributed by atoms with E-state index in [0.717, 1.165) is 59.9 Å². The van der Waals surface area contributed by atoms with Gasteiger partial charge in [-0.25, -0.2) is 4.98 Å². The van der Waals surface area contributed by atoms with Crippen molar-refractivity contribution in [2.24, 2.45) is 12.8 Å². The van der Waals surface area contributed by atoms with Crippen LogP contribution in [0, 0.1) is 0 Å². The van der Waals surface area contributed by atoms with Crippen LogP contribution in [-0.2, 0) is 7.05 Å². The fraction of sp³-hybridized carbons (Fsp3) is 0.333. The van der Waals surface area contributed by atoms with Crippen LogP contribution in [0.4, 0.5) is 11.5 Å². The lowest BCUT2D eigenvalue weighted by atomic mass is 10.0. The van der Waals surface area contributed by atoms with Crippen LogP contribution in [0.1, 0.15) is 12.8 Å². The number of benzene rings is 2. The maximum atomic E-state index is 13.3. The minimum atomic E-state index is -0.100. The Labute approximate surface area is 182 Å². The predicted molar refractivity (Wildman–Crippen MR) is 126 cm³/mol. The highest BCUT2D eigenvalue weighted by molar-refractivity contribution is 5.80. The van der Waals surface area contributed by atoms with E-state index in [1.54, 1.807) is 11.7 Å². The van der Waals surface area contributed by atoms with Crippen LogP contribution >= 0.6 is 0 Å². The van der Waals surface area contributed by atoms with Gasteiger partial charge in [-0.2, -0.15) is 0 Å². The SMILES string of the molecule is CNc1ccc(-c2nc(N3CCC(N)CC3)c(=O)n(C)c2-c2ccc(OC)cc2)cc1. The molecule has 0 spiro atoms. The van der Waals surface area contributed by atoms with E-state index in [1.165, 1.54) is 0 Å². The summed E-state index contributed by atoms with van der Waals surface area (Å²) in [4.78, 5) is 20.3. The molecule has 1 aliphatic heterocycles. The fourth-order valence-electron chi connectivity index (χ4n) is 4.01. The van der Waals surface area contributed by atoms with Gasteiger partial charge in [0.1, 0.15) is 5.75 Å². The van der Waals surface area contributed by atoms with Crippen molar-refractivity contribution in [3.8, 4) is 28.3 Å². The van der Waals surface area contributed by atoms with E-state index in [4.69, 9.17) is 15.5 Å². The molecule has 2 heterocycles. The number of nitrogens with zero attached hydrogens (tertiary/aromatic N) is 3. The normalized spacial score (nSPS) is 14.5. The topological polar surface area (TPSA) is 85.4 Å². The summed E-state index contributed by atoms with van der Waals surface area (Å²) >= 11 is 0. The Morgan fingerprint density at radius 1 is 1.03 bits per heavy atom. The number of piperidine rings is 1. The average Bonchev–Trinajstić information content (AvgIpc) is 2.81. The lowest BCUT2D eigenvalue weighted by Gasteiger charge is -2.31. The van der Waals surface area contributed by atoms with E-state index >= 15 is 0 Å². The predicted octanol–water partition coefficient (Wildman–Crippen LogP) is 3.09. The molecule has 0 bridgehead atoms. The molecule has 0 radical (unpaired) electrons. The number of nitrogens with one attached hydrogen (secondary N) is 1.